The van der Waals surface area contributed by atoms with Crippen LogP contribution >= 0.6 is 11.6 Å². The molecular formula is C22H21ClN4O2S. The van der Waals surface area contributed by atoms with Crippen LogP contribution in [0.3, 0.4) is 0 Å². The lowest BCUT2D eigenvalue weighted by Gasteiger charge is -2.20. The van der Waals surface area contributed by atoms with Gasteiger partial charge in [-0.25, -0.2) is 18.4 Å². The average Bonchev–Trinajstić information content (AvgIpc) is 2.68. The summed E-state index contributed by atoms with van der Waals surface area (Å²) in [5.74, 6) is 0.659. The number of halogens is 1. The lowest BCUT2D eigenvalue weighted by molar-refractivity contribution is 0.583. The van der Waals surface area contributed by atoms with Crippen molar-refractivity contribution in [1.29, 1.82) is 5.26 Å². The van der Waals surface area contributed by atoms with E-state index in [0.29, 0.717) is 47.1 Å². The average molecular weight is 441 g/mol. The molecule has 1 aromatic heterocycles. The molecule has 1 aliphatic rings. The van der Waals surface area contributed by atoms with E-state index in [4.69, 9.17) is 16.9 Å². The molecule has 1 aromatic carbocycles. The number of aryl methyl sites for hydroxylation is 1. The second kappa shape index (κ2) is 9.24. The van der Waals surface area contributed by atoms with Crippen molar-refractivity contribution < 1.29 is 8.42 Å². The predicted octanol–water partition coefficient (Wildman–Crippen LogP) is 4.72. The largest absolute Gasteiger partial charge is 0.339 e. The monoisotopic (exact) mass is 440 g/mol. The smallest absolute Gasteiger partial charge is 0.183 e. The van der Waals surface area contributed by atoms with E-state index in [-0.39, 0.29) is 16.5 Å². The Labute approximate surface area is 181 Å². The van der Waals surface area contributed by atoms with Gasteiger partial charge in [-0.15, -0.1) is 0 Å². The summed E-state index contributed by atoms with van der Waals surface area (Å²) in [6, 6.07) is 9.31. The lowest BCUT2D eigenvalue weighted by atomic mass is 10.1. The fraction of sp³-hybridized carbons (Fsp3) is 0.227. The van der Waals surface area contributed by atoms with Crippen LogP contribution in [-0.4, -0.2) is 24.1 Å². The number of hydrogen-bond acceptors (Lipinski definition) is 6. The third kappa shape index (κ3) is 5.15. The maximum atomic E-state index is 12.7. The maximum Gasteiger partial charge on any atom is 0.183 e. The topological polar surface area (TPSA) is 95.7 Å². The molecule has 1 N–H and O–H groups in total. The SMILES string of the molecule is C=C(/C=C\C=C(/C)Cl)c1nc2c(c(Nc3ccc(CC#N)cc3)n1)S(=O)(=O)CCC2. The van der Waals surface area contributed by atoms with Crippen LogP contribution in [0.5, 0.6) is 0 Å². The number of fused-ring (bicyclic) bond motifs is 1. The van der Waals surface area contributed by atoms with Gasteiger partial charge in [0.05, 0.1) is 23.9 Å². The molecule has 0 bridgehead atoms. The summed E-state index contributed by atoms with van der Waals surface area (Å²) in [7, 11) is -3.49. The van der Waals surface area contributed by atoms with Gasteiger partial charge >= 0.3 is 0 Å². The number of sulfone groups is 1. The summed E-state index contributed by atoms with van der Waals surface area (Å²) < 4.78 is 25.5. The van der Waals surface area contributed by atoms with Crippen molar-refractivity contribution in [2.45, 2.75) is 31.1 Å². The number of nitriles is 1. The van der Waals surface area contributed by atoms with E-state index in [2.05, 4.69) is 27.9 Å². The van der Waals surface area contributed by atoms with Gasteiger partial charge in [-0.3, -0.25) is 0 Å². The van der Waals surface area contributed by atoms with Gasteiger partial charge < -0.3 is 5.32 Å². The Balaban J connectivity index is 2.03. The zero-order valence-corrected chi connectivity index (χ0v) is 18.1. The molecule has 3 rings (SSSR count). The number of allylic oxidation sites excluding steroid dienone is 5. The number of hydrogen-bond donors (Lipinski definition) is 1. The molecule has 1 aliphatic heterocycles. The van der Waals surface area contributed by atoms with E-state index in [9.17, 15) is 8.42 Å². The minimum absolute atomic E-state index is 0.0686. The number of benzene rings is 1. The molecule has 6 nitrogen and oxygen atoms in total. The molecule has 0 fully saturated rings. The lowest BCUT2D eigenvalue weighted by Crippen LogP contribution is -2.21. The van der Waals surface area contributed by atoms with Crippen molar-refractivity contribution >= 4 is 38.5 Å². The zero-order valence-electron chi connectivity index (χ0n) is 16.5. The number of aromatic nitrogens is 2. The third-order valence-corrected chi connectivity index (χ3v) is 6.49. The molecule has 0 saturated heterocycles. The third-order valence-electron chi connectivity index (χ3n) is 4.48. The normalized spacial score (nSPS) is 15.4. The molecule has 0 radical (unpaired) electrons. The Kier molecular flexibility index (Phi) is 6.70. The van der Waals surface area contributed by atoms with Crippen LogP contribution in [0.2, 0.25) is 0 Å². The van der Waals surface area contributed by atoms with Gasteiger partial charge in [0.25, 0.3) is 0 Å². The second-order valence-electron chi connectivity index (χ2n) is 6.89. The van der Waals surface area contributed by atoms with E-state index in [1.54, 1.807) is 37.3 Å². The van der Waals surface area contributed by atoms with Crippen LogP contribution in [0.4, 0.5) is 11.5 Å². The van der Waals surface area contributed by atoms with Gasteiger partial charge in [-0.1, -0.05) is 42.5 Å². The van der Waals surface area contributed by atoms with Crippen LogP contribution in [0.15, 0.2) is 59.0 Å². The van der Waals surface area contributed by atoms with E-state index in [1.165, 1.54) is 0 Å². The molecular weight excluding hydrogens is 420 g/mol. The number of nitrogens with one attached hydrogen (secondary N) is 1. The fourth-order valence-electron chi connectivity index (χ4n) is 3.06. The van der Waals surface area contributed by atoms with Crippen molar-refractivity contribution in [3.8, 4) is 6.07 Å². The van der Waals surface area contributed by atoms with Crippen molar-refractivity contribution in [2.75, 3.05) is 11.1 Å². The molecule has 0 saturated carbocycles. The summed E-state index contributed by atoms with van der Waals surface area (Å²) >= 11 is 5.83. The van der Waals surface area contributed by atoms with Gasteiger partial charge in [-0.05, 0) is 43.5 Å². The van der Waals surface area contributed by atoms with E-state index >= 15 is 0 Å². The van der Waals surface area contributed by atoms with E-state index < -0.39 is 9.84 Å². The maximum absolute atomic E-state index is 12.7. The van der Waals surface area contributed by atoms with Crippen LogP contribution in [0, 0.1) is 11.3 Å². The number of rotatable bonds is 6. The molecule has 0 spiro atoms. The van der Waals surface area contributed by atoms with Crippen molar-refractivity contribution in [3.05, 3.63) is 71.2 Å². The standard InChI is InChI=1S/C22H21ClN4O2S/c1-15(5-3-6-16(2)23)21-26-19-7-4-14-30(28,29)20(19)22(27-21)25-18-10-8-17(9-11-18)12-13-24/h3,5-6,8-11H,1,4,7,12,14H2,2H3,(H,25,26,27)/b5-3-,16-6+. The summed E-state index contributed by atoms with van der Waals surface area (Å²) in [6.07, 6.45) is 6.57. The minimum atomic E-state index is -3.49. The molecule has 30 heavy (non-hydrogen) atoms. The van der Waals surface area contributed by atoms with Crippen LogP contribution in [-0.2, 0) is 22.7 Å². The highest BCUT2D eigenvalue weighted by molar-refractivity contribution is 7.91. The highest BCUT2D eigenvalue weighted by Crippen LogP contribution is 2.32. The van der Waals surface area contributed by atoms with E-state index in [0.717, 1.165) is 5.56 Å². The van der Waals surface area contributed by atoms with Gasteiger partial charge in [-0.2, -0.15) is 5.26 Å². The summed E-state index contributed by atoms with van der Waals surface area (Å²) in [4.78, 5) is 9.10. The summed E-state index contributed by atoms with van der Waals surface area (Å²) in [6.45, 7) is 5.76. The van der Waals surface area contributed by atoms with Gasteiger partial charge in [0.15, 0.2) is 21.5 Å². The van der Waals surface area contributed by atoms with Crippen LogP contribution in [0.1, 0.15) is 30.4 Å². The van der Waals surface area contributed by atoms with Crippen molar-refractivity contribution in [1.82, 2.24) is 9.97 Å². The first-order valence-corrected chi connectivity index (χ1v) is 11.4. The highest BCUT2D eigenvalue weighted by atomic mass is 35.5. The molecule has 2 heterocycles. The van der Waals surface area contributed by atoms with Crippen LogP contribution in [0.25, 0.3) is 5.57 Å². The summed E-state index contributed by atoms with van der Waals surface area (Å²) in [5.41, 5.74) is 2.59. The quantitative estimate of drug-likeness (QED) is 0.653. The van der Waals surface area contributed by atoms with Gasteiger partial charge in [0, 0.05) is 16.3 Å². The zero-order chi connectivity index (χ0) is 21.7. The predicted molar refractivity (Wildman–Crippen MR) is 119 cm³/mol. The van der Waals surface area contributed by atoms with Crippen molar-refractivity contribution in [2.24, 2.45) is 0 Å². The molecule has 0 aliphatic carbocycles. The Morgan fingerprint density at radius 2 is 2.07 bits per heavy atom. The highest BCUT2D eigenvalue weighted by Gasteiger charge is 2.30. The Morgan fingerprint density at radius 3 is 2.73 bits per heavy atom. The first-order valence-electron chi connectivity index (χ1n) is 9.36. The first-order chi connectivity index (χ1) is 14.3. The summed E-state index contributed by atoms with van der Waals surface area (Å²) in [5, 5.41) is 12.6. The van der Waals surface area contributed by atoms with E-state index in [1.807, 2.05) is 12.1 Å². The van der Waals surface area contributed by atoms with Gasteiger partial charge in [0.2, 0.25) is 0 Å². The molecule has 2 aromatic rings. The first kappa shape index (κ1) is 21.8. The van der Waals surface area contributed by atoms with Crippen molar-refractivity contribution in [3.63, 3.8) is 0 Å². The molecule has 0 unspecified atom stereocenters. The minimum Gasteiger partial charge on any atom is -0.339 e. The fourth-order valence-corrected chi connectivity index (χ4v) is 4.76. The number of nitrogens with zero attached hydrogens (tertiary/aromatic N) is 3. The Hall–Kier alpha value is -2.95. The second-order valence-corrected chi connectivity index (χ2v) is 9.53. The Bertz CT molecular complexity index is 1170. The Morgan fingerprint density at radius 1 is 1.33 bits per heavy atom. The number of anilines is 2. The molecule has 154 valence electrons. The molecule has 0 amide bonds. The van der Waals surface area contributed by atoms with Crippen LogP contribution < -0.4 is 5.32 Å². The molecule has 8 heteroatoms. The van der Waals surface area contributed by atoms with Gasteiger partial charge in [0.1, 0.15) is 4.90 Å². The molecule has 0 atom stereocenters.